The Morgan fingerprint density at radius 3 is 2.00 bits per heavy atom. The van der Waals surface area contributed by atoms with Gasteiger partial charge in [-0.05, 0) is 61.6 Å². The quantitative estimate of drug-likeness (QED) is 0.662. The highest BCUT2D eigenvalue weighted by molar-refractivity contribution is 5.97. The summed E-state index contributed by atoms with van der Waals surface area (Å²) in [5.41, 5.74) is 3.82. The van der Waals surface area contributed by atoms with E-state index in [1.54, 1.807) is 24.3 Å². The SMILES string of the molecule is CCc1ccc([C@H](N[C@@H](C)C(=O)Nc2ccc(C(C)=O)cc2)C(C)C)cc1. The summed E-state index contributed by atoms with van der Waals surface area (Å²) < 4.78 is 0. The van der Waals surface area contributed by atoms with Crippen molar-refractivity contribution in [2.75, 3.05) is 5.32 Å². The molecule has 2 N–H and O–H groups in total. The molecule has 0 fully saturated rings. The van der Waals surface area contributed by atoms with Crippen LogP contribution >= 0.6 is 0 Å². The van der Waals surface area contributed by atoms with E-state index in [1.165, 1.54) is 18.1 Å². The van der Waals surface area contributed by atoms with Crippen LogP contribution in [0, 0.1) is 5.92 Å². The zero-order valence-electron chi connectivity index (χ0n) is 16.9. The zero-order chi connectivity index (χ0) is 20.0. The second kappa shape index (κ2) is 9.47. The van der Waals surface area contributed by atoms with Gasteiger partial charge in [0.15, 0.2) is 5.78 Å². The Morgan fingerprint density at radius 1 is 0.926 bits per heavy atom. The number of amides is 1. The number of benzene rings is 2. The number of nitrogens with one attached hydrogen (secondary N) is 2. The van der Waals surface area contributed by atoms with E-state index >= 15 is 0 Å². The van der Waals surface area contributed by atoms with Gasteiger partial charge in [0.25, 0.3) is 0 Å². The van der Waals surface area contributed by atoms with Crippen LogP contribution in [-0.4, -0.2) is 17.7 Å². The fraction of sp³-hybridized carbons (Fsp3) is 0.391. The summed E-state index contributed by atoms with van der Waals surface area (Å²) >= 11 is 0. The molecule has 2 aromatic rings. The van der Waals surface area contributed by atoms with E-state index in [1.807, 2.05) is 6.92 Å². The number of carbonyl (C=O) groups excluding carboxylic acids is 2. The minimum atomic E-state index is -0.351. The number of rotatable bonds is 8. The summed E-state index contributed by atoms with van der Waals surface area (Å²) in [6.45, 7) is 9.84. The lowest BCUT2D eigenvalue weighted by molar-refractivity contribution is -0.118. The molecule has 0 saturated carbocycles. The molecule has 4 nitrogen and oxygen atoms in total. The summed E-state index contributed by atoms with van der Waals surface area (Å²) in [6.07, 6.45) is 1.02. The third-order valence-corrected chi connectivity index (χ3v) is 4.80. The largest absolute Gasteiger partial charge is 0.325 e. The normalized spacial score (nSPS) is 13.3. The van der Waals surface area contributed by atoms with E-state index < -0.39 is 0 Å². The Balaban J connectivity index is 2.04. The first-order chi connectivity index (χ1) is 12.8. The molecule has 0 radical (unpaired) electrons. The minimum Gasteiger partial charge on any atom is -0.325 e. The van der Waals surface area contributed by atoms with Crippen LogP contribution in [0.25, 0.3) is 0 Å². The maximum absolute atomic E-state index is 12.6. The molecule has 0 aromatic heterocycles. The highest BCUT2D eigenvalue weighted by Gasteiger charge is 2.22. The average Bonchev–Trinajstić information content (AvgIpc) is 2.66. The molecule has 0 unspecified atom stereocenters. The van der Waals surface area contributed by atoms with Gasteiger partial charge in [-0.1, -0.05) is 45.0 Å². The molecule has 0 bridgehead atoms. The molecule has 27 heavy (non-hydrogen) atoms. The minimum absolute atomic E-state index is 0.0109. The Bertz CT molecular complexity index is 764. The molecule has 0 aliphatic carbocycles. The molecule has 0 aliphatic rings. The molecule has 1 amide bonds. The van der Waals surface area contributed by atoms with Crippen LogP contribution in [0.5, 0.6) is 0 Å². The van der Waals surface area contributed by atoms with Gasteiger partial charge in [0.1, 0.15) is 0 Å². The van der Waals surface area contributed by atoms with Gasteiger partial charge < -0.3 is 5.32 Å². The molecular formula is C23H30N2O2. The molecule has 144 valence electrons. The smallest absolute Gasteiger partial charge is 0.241 e. The average molecular weight is 367 g/mol. The van der Waals surface area contributed by atoms with E-state index in [9.17, 15) is 9.59 Å². The monoisotopic (exact) mass is 366 g/mol. The third-order valence-electron chi connectivity index (χ3n) is 4.80. The van der Waals surface area contributed by atoms with Crippen molar-refractivity contribution in [2.45, 2.75) is 53.1 Å². The van der Waals surface area contributed by atoms with Crippen LogP contribution in [0.4, 0.5) is 5.69 Å². The standard InChI is InChI=1S/C23H30N2O2/c1-6-18-7-9-20(10-8-18)22(15(2)3)24-16(4)23(27)25-21-13-11-19(12-14-21)17(5)26/h7-16,22,24H,6H2,1-5H3,(H,25,27)/t16-,22+/m0/s1. The fourth-order valence-corrected chi connectivity index (χ4v) is 3.02. The van der Waals surface area contributed by atoms with Gasteiger partial charge in [-0.25, -0.2) is 0 Å². The number of hydrogen-bond acceptors (Lipinski definition) is 3. The highest BCUT2D eigenvalue weighted by Crippen LogP contribution is 2.23. The van der Waals surface area contributed by atoms with Gasteiger partial charge in [-0.3, -0.25) is 14.9 Å². The lowest BCUT2D eigenvalue weighted by atomic mass is 9.94. The van der Waals surface area contributed by atoms with Crippen molar-refractivity contribution >= 4 is 17.4 Å². The number of hydrogen-bond donors (Lipinski definition) is 2. The van der Waals surface area contributed by atoms with Crippen molar-refractivity contribution in [3.63, 3.8) is 0 Å². The van der Waals surface area contributed by atoms with E-state index in [0.29, 0.717) is 17.2 Å². The molecule has 0 spiro atoms. The lowest BCUT2D eigenvalue weighted by Crippen LogP contribution is -2.41. The number of ketones is 1. The van der Waals surface area contributed by atoms with Crippen LogP contribution in [0.3, 0.4) is 0 Å². The van der Waals surface area contributed by atoms with E-state index in [4.69, 9.17) is 0 Å². The molecule has 0 aliphatic heterocycles. The van der Waals surface area contributed by atoms with Crippen molar-refractivity contribution in [3.05, 3.63) is 65.2 Å². The van der Waals surface area contributed by atoms with Gasteiger partial charge in [-0.2, -0.15) is 0 Å². The molecule has 0 saturated heterocycles. The summed E-state index contributed by atoms with van der Waals surface area (Å²) in [5.74, 6) is 0.265. The Kier molecular flexibility index (Phi) is 7.31. The summed E-state index contributed by atoms with van der Waals surface area (Å²) in [4.78, 5) is 23.9. The second-order valence-electron chi connectivity index (χ2n) is 7.33. The van der Waals surface area contributed by atoms with E-state index in [2.05, 4.69) is 55.7 Å². The third kappa shape index (κ3) is 5.76. The maximum Gasteiger partial charge on any atom is 0.241 e. The molecule has 2 atom stereocenters. The van der Waals surface area contributed by atoms with Crippen molar-refractivity contribution in [1.29, 1.82) is 0 Å². The van der Waals surface area contributed by atoms with Crippen molar-refractivity contribution in [3.8, 4) is 0 Å². The molecule has 2 aromatic carbocycles. The second-order valence-corrected chi connectivity index (χ2v) is 7.33. The Labute approximate surface area is 162 Å². The number of carbonyl (C=O) groups is 2. The predicted molar refractivity (Wildman–Crippen MR) is 111 cm³/mol. The van der Waals surface area contributed by atoms with Crippen LogP contribution in [-0.2, 0) is 11.2 Å². The van der Waals surface area contributed by atoms with Crippen molar-refractivity contribution in [2.24, 2.45) is 5.92 Å². The lowest BCUT2D eigenvalue weighted by Gasteiger charge is -2.26. The number of Topliss-reactive ketones (excluding diaryl/α,β-unsaturated/α-hetero) is 1. The summed E-state index contributed by atoms with van der Waals surface area (Å²) in [7, 11) is 0. The predicted octanol–water partition coefficient (Wildman–Crippen LogP) is 4.77. The summed E-state index contributed by atoms with van der Waals surface area (Å²) in [6, 6.07) is 15.3. The first-order valence-electron chi connectivity index (χ1n) is 9.58. The molecular weight excluding hydrogens is 336 g/mol. The maximum atomic E-state index is 12.6. The Morgan fingerprint density at radius 2 is 1.52 bits per heavy atom. The van der Waals surface area contributed by atoms with Crippen molar-refractivity contribution < 1.29 is 9.59 Å². The van der Waals surface area contributed by atoms with Crippen LogP contribution in [0.2, 0.25) is 0 Å². The van der Waals surface area contributed by atoms with Crippen molar-refractivity contribution in [1.82, 2.24) is 5.32 Å². The van der Waals surface area contributed by atoms with Crippen LogP contribution in [0.15, 0.2) is 48.5 Å². The number of aryl methyl sites for hydroxylation is 1. The molecule has 2 rings (SSSR count). The molecule has 4 heteroatoms. The highest BCUT2D eigenvalue weighted by atomic mass is 16.2. The van der Waals surface area contributed by atoms with Gasteiger partial charge >= 0.3 is 0 Å². The van der Waals surface area contributed by atoms with E-state index in [0.717, 1.165) is 6.42 Å². The summed E-state index contributed by atoms with van der Waals surface area (Å²) in [5, 5.41) is 6.36. The zero-order valence-corrected chi connectivity index (χ0v) is 16.9. The first kappa shape index (κ1) is 20.8. The fourth-order valence-electron chi connectivity index (χ4n) is 3.02. The van der Waals surface area contributed by atoms with Crippen LogP contribution in [0.1, 0.15) is 62.1 Å². The van der Waals surface area contributed by atoms with E-state index in [-0.39, 0.29) is 23.8 Å². The molecule has 0 heterocycles. The van der Waals surface area contributed by atoms with Gasteiger partial charge in [0.2, 0.25) is 5.91 Å². The van der Waals surface area contributed by atoms with Gasteiger partial charge in [-0.15, -0.1) is 0 Å². The number of anilines is 1. The Hall–Kier alpha value is -2.46. The van der Waals surface area contributed by atoms with Gasteiger partial charge in [0.05, 0.1) is 6.04 Å². The first-order valence-corrected chi connectivity index (χ1v) is 9.58. The van der Waals surface area contributed by atoms with Crippen LogP contribution < -0.4 is 10.6 Å². The van der Waals surface area contributed by atoms with Gasteiger partial charge in [0, 0.05) is 17.3 Å². The topological polar surface area (TPSA) is 58.2 Å².